The van der Waals surface area contributed by atoms with Crippen molar-refractivity contribution in [3.8, 4) is 0 Å². The summed E-state index contributed by atoms with van der Waals surface area (Å²) in [6, 6.07) is 9.13. The van der Waals surface area contributed by atoms with Crippen molar-refractivity contribution in [2.45, 2.75) is 57.6 Å². The van der Waals surface area contributed by atoms with Gasteiger partial charge in [-0.1, -0.05) is 24.3 Å². The van der Waals surface area contributed by atoms with Crippen LogP contribution in [0.25, 0.3) is 0 Å². The predicted molar refractivity (Wildman–Crippen MR) is 96.8 cm³/mol. The van der Waals surface area contributed by atoms with E-state index in [0.717, 1.165) is 24.5 Å². The van der Waals surface area contributed by atoms with Gasteiger partial charge < -0.3 is 15.4 Å². The quantitative estimate of drug-likeness (QED) is 0.857. The van der Waals surface area contributed by atoms with E-state index in [4.69, 9.17) is 4.74 Å². The fraction of sp³-hybridized carbons (Fsp3) is 0.611. The molecule has 0 saturated heterocycles. The first-order valence-corrected chi connectivity index (χ1v) is 9.39. The minimum Gasteiger partial charge on any atom is -0.444 e. The third-order valence-corrected chi connectivity index (χ3v) is 4.79. The molecule has 4 nitrogen and oxygen atoms in total. The van der Waals surface area contributed by atoms with Gasteiger partial charge in [-0.05, 0) is 51.8 Å². The third kappa shape index (κ3) is 6.07. The largest absolute Gasteiger partial charge is 0.444 e. The summed E-state index contributed by atoms with van der Waals surface area (Å²) in [6.07, 6.45) is 0.534. The number of nitrogens with one attached hydrogen (secondary N) is 2. The molecule has 0 saturated carbocycles. The molecule has 2 atom stereocenters. The number of fused-ring (bicyclic) bond motifs is 1. The van der Waals surface area contributed by atoms with Gasteiger partial charge in [0.1, 0.15) is 5.60 Å². The molecule has 0 radical (unpaired) electrons. The van der Waals surface area contributed by atoms with Gasteiger partial charge in [0.15, 0.2) is 0 Å². The minimum atomic E-state index is -0.453. The van der Waals surface area contributed by atoms with E-state index in [1.807, 2.05) is 39.5 Å². The molecule has 0 aliphatic carbocycles. The first-order valence-electron chi connectivity index (χ1n) is 8.23. The van der Waals surface area contributed by atoms with Crippen molar-refractivity contribution in [3.63, 3.8) is 0 Å². The van der Waals surface area contributed by atoms with Crippen LogP contribution in [0.4, 0.5) is 4.79 Å². The summed E-state index contributed by atoms with van der Waals surface area (Å²) in [4.78, 5) is 11.7. The molecule has 2 unspecified atom stereocenters. The second-order valence-electron chi connectivity index (χ2n) is 7.06. The van der Waals surface area contributed by atoms with Gasteiger partial charge in [-0.2, -0.15) is 11.8 Å². The molecule has 0 fully saturated rings. The Morgan fingerprint density at radius 3 is 2.87 bits per heavy atom. The third-order valence-electron chi connectivity index (χ3n) is 3.70. The molecule has 0 spiro atoms. The number of rotatable bonds is 5. The van der Waals surface area contributed by atoms with E-state index in [2.05, 4.69) is 34.9 Å². The zero-order valence-corrected chi connectivity index (χ0v) is 15.3. The molecule has 1 heterocycles. The van der Waals surface area contributed by atoms with Crippen molar-refractivity contribution < 1.29 is 9.53 Å². The number of alkyl carbamates (subject to hydrolysis) is 1. The zero-order chi connectivity index (χ0) is 16.9. The van der Waals surface area contributed by atoms with E-state index >= 15 is 0 Å². The molecule has 5 heteroatoms. The standard InChI is InChI=1S/C18H28N2O2S/c1-13(20-17(21)22-18(2,3)4)9-10-19-16-12-23-11-14-7-5-6-8-15(14)16/h5-8,13,16,19H,9-12H2,1-4H3,(H,20,21). The maximum atomic E-state index is 11.7. The Hall–Kier alpha value is -1.20. The molecular weight excluding hydrogens is 308 g/mol. The molecule has 128 valence electrons. The predicted octanol–water partition coefficient (Wildman–Crippen LogP) is 3.87. The molecule has 23 heavy (non-hydrogen) atoms. The van der Waals surface area contributed by atoms with Crippen LogP contribution in [0.15, 0.2) is 24.3 Å². The lowest BCUT2D eigenvalue weighted by atomic mass is 10.0. The number of ether oxygens (including phenoxy) is 1. The highest BCUT2D eigenvalue weighted by molar-refractivity contribution is 7.98. The number of thioether (sulfide) groups is 1. The molecule has 1 aliphatic rings. The molecule has 1 aromatic carbocycles. The van der Waals surface area contributed by atoms with E-state index in [9.17, 15) is 4.79 Å². The van der Waals surface area contributed by atoms with Crippen molar-refractivity contribution in [3.05, 3.63) is 35.4 Å². The van der Waals surface area contributed by atoms with Crippen molar-refractivity contribution in [1.29, 1.82) is 0 Å². The average Bonchev–Trinajstić information content (AvgIpc) is 2.45. The van der Waals surface area contributed by atoms with Crippen LogP contribution in [0.3, 0.4) is 0 Å². The molecule has 0 bridgehead atoms. The van der Waals surface area contributed by atoms with E-state index < -0.39 is 5.60 Å². The van der Waals surface area contributed by atoms with Crippen molar-refractivity contribution in [2.24, 2.45) is 0 Å². The van der Waals surface area contributed by atoms with Crippen LogP contribution in [-0.2, 0) is 10.5 Å². The monoisotopic (exact) mass is 336 g/mol. The molecule has 0 aromatic heterocycles. The summed E-state index contributed by atoms with van der Waals surface area (Å²) < 4.78 is 5.28. The smallest absolute Gasteiger partial charge is 0.407 e. The van der Waals surface area contributed by atoms with Crippen LogP contribution in [0, 0.1) is 0 Å². The fourth-order valence-corrected chi connectivity index (χ4v) is 3.74. The van der Waals surface area contributed by atoms with Crippen LogP contribution in [0.1, 0.15) is 51.3 Å². The highest BCUT2D eigenvalue weighted by atomic mass is 32.2. The van der Waals surface area contributed by atoms with E-state index in [-0.39, 0.29) is 12.1 Å². The number of amides is 1. The maximum absolute atomic E-state index is 11.7. The van der Waals surface area contributed by atoms with Crippen LogP contribution < -0.4 is 10.6 Å². The number of benzene rings is 1. The highest BCUT2D eigenvalue weighted by Crippen LogP contribution is 2.31. The Bertz CT molecular complexity index is 528. The Labute approximate surface area is 143 Å². The van der Waals surface area contributed by atoms with E-state index in [0.29, 0.717) is 6.04 Å². The summed E-state index contributed by atoms with van der Waals surface area (Å²) in [5.74, 6) is 2.20. The lowest BCUT2D eigenvalue weighted by Crippen LogP contribution is -2.39. The normalized spacial score (nSPS) is 18.9. The van der Waals surface area contributed by atoms with Gasteiger partial charge in [0.2, 0.25) is 0 Å². The van der Waals surface area contributed by atoms with Crippen molar-refractivity contribution in [2.75, 3.05) is 12.3 Å². The first kappa shape index (κ1) is 18.1. The first-order chi connectivity index (χ1) is 10.8. The Kier molecular flexibility index (Phi) is 6.36. The van der Waals surface area contributed by atoms with Gasteiger partial charge in [-0.25, -0.2) is 4.79 Å². The van der Waals surface area contributed by atoms with Gasteiger partial charge >= 0.3 is 6.09 Å². The lowest BCUT2D eigenvalue weighted by Gasteiger charge is -2.27. The van der Waals surface area contributed by atoms with Crippen LogP contribution in [0.5, 0.6) is 0 Å². The second-order valence-corrected chi connectivity index (χ2v) is 8.09. The summed E-state index contributed by atoms with van der Waals surface area (Å²) in [5.41, 5.74) is 2.39. The molecular formula is C18H28N2O2S. The van der Waals surface area contributed by atoms with Crippen molar-refractivity contribution in [1.82, 2.24) is 10.6 Å². The zero-order valence-electron chi connectivity index (χ0n) is 14.5. The molecule has 2 N–H and O–H groups in total. The number of carbonyl (C=O) groups excluding carboxylic acids is 1. The van der Waals surface area contributed by atoms with Crippen LogP contribution in [-0.4, -0.2) is 30.0 Å². The Balaban J connectivity index is 1.74. The van der Waals surface area contributed by atoms with Gasteiger partial charge in [-0.3, -0.25) is 0 Å². The van der Waals surface area contributed by atoms with Gasteiger partial charge in [0.05, 0.1) is 0 Å². The number of carbonyl (C=O) groups is 1. The Morgan fingerprint density at radius 1 is 1.39 bits per heavy atom. The van der Waals surface area contributed by atoms with E-state index in [1.165, 1.54) is 11.1 Å². The maximum Gasteiger partial charge on any atom is 0.407 e. The highest BCUT2D eigenvalue weighted by Gasteiger charge is 2.20. The average molecular weight is 337 g/mol. The van der Waals surface area contributed by atoms with E-state index in [1.54, 1.807) is 0 Å². The lowest BCUT2D eigenvalue weighted by molar-refractivity contribution is 0.0506. The summed E-state index contributed by atoms with van der Waals surface area (Å²) in [6.45, 7) is 8.50. The summed E-state index contributed by atoms with van der Waals surface area (Å²) in [7, 11) is 0. The van der Waals surface area contributed by atoms with Crippen LogP contribution in [0.2, 0.25) is 0 Å². The number of hydrogen-bond donors (Lipinski definition) is 2. The summed E-state index contributed by atoms with van der Waals surface area (Å²) >= 11 is 1.97. The molecule has 1 aliphatic heterocycles. The SMILES string of the molecule is CC(CCNC1CSCc2ccccc21)NC(=O)OC(C)(C)C. The molecule has 1 aromatic rings. The number of hydrogen-bond acceptors (Lipinski definition) is 4. The van der Waals surface area contributed by atoms with Crippen LogP contribution >= 0.6 is 11.8 Å². The molecule has 2 rings (SSSR count). The summed E-state index contributed by atoms with van der Waals surface area (Å²) in [5, 5.41) is 6.50. The Morgan fingerprint density at radius 2 is 2.13 bits per heavy atom. The second kappa shape index (κ2) is 8.06. The topological polar surface area (TPSA) is 50.4 Å². The minimum absolute atomic E-state index is 0.0869. The van der Waals surface area contributed by atoms with Gasteiger partial charge in [0, 0.05) is 23.6 Å². The van der Waals surface area contributed by atoms with Crippen molar-refractivity contribution >= 4 is 17.9 Å². The molecule has 1 amide bonds. The van der Waals surface area contributed by atoms with Gasteiger partial charge in [-0.15, -0.1) is 0 Å². The van der Waals surface area contributed by atoms with Gasteiger partial charge in [0.25, 0.3) is 0 Å². The fourth-order valence-electron chi connectivity index (χ4n) is 2.61.